The van der Waals surface area contributed by atoms with Gasteiger partial charge in [-0.3, -0.25) is 14.5 Å². The molecule has 1 atom stereocenters. The molecule has 0 saturated carbocycles. The van der Waals surface area contributed by atoms with Crippen LogP contribution in [-0.4, -0.2) is 26.0 Å². The van der Waals surface area contributed by atoms with Gasteiger partial charge in [-0.1, -0.05) is 48.0 Å². The Morgan fingerprint density at radius 2 is 1.64 bits per heavy atom. The molecule has 5 rings (SSSR count). The van der Waals surface area contributed by atoms with Crippen molar-refractivity contribution in [2.45, 2.75) is 18.3 Å². The zero-order chi connectivity index (χ0) is 23.5. The van der Waals surface area contributed by atoms with Crippen LogP contribution in [0.15, 0.2) is 66.7 Å². The molecule has 0 N–H and O–H groups in total. The first kappa shape index (κ1) is 21.3. The van der Waals surface area contributed by atoms with E-state index in [1.165, 1.54) is 11.0 Å². The molecular weight excluding hydrogens is 450 g/mol. The number of rotatable bonds is 3. The van der Waals surface area contributed by atoms with Crippen LogP contribution in [-0.2, 0) is 30.8 Å². The van der Waals surface area contributed by atoms with E-state index in [9.17, 15) is 26.8 Å². The molecule has 1 spiro atoms. The van der Waals surface area contributed by atoms with Crippen molar-refractivity contribution in [2.24, 2.45) is 0 Å². The van der Waals surface area contributed by atoms with Gasteiger partial charge in [-0.25, -0.2) is 17.2 Å². The number of amides is 2. The highest BCUT2D eigenvalue weighted by Crippen LogP contribution is 2.52. The predicted molar refractivity (Wildman–Crippen MR) is 118 cm³/mol. The Balaban J connectivity index is 1.73. The smallest absolute Gasteiger partial charge is 0.274 e. The average molecular weight is 468 g/mol. The number of para-hydroxylation sites is 1. The lowest BCUT2D eigenvalue weighted by Crippen LogP contribution is -2.54. The van der Waals surface area contributed by atoms with Gasteiger partial charge in [-0.15, -0.1) is 0 Å². The van der Waals surface area contributed by atoms with Gasteiger partial charge < -0.3 is 4.90 Å². The number of aryl methyl sites for hydroxylation is 1. The molecule has 0 aromatic heterocycles. The van der Waals surface area contributed by atoms with Gasteiger partial charge in [0.25, 0.3) is 10.8 Å². The molecule has 168 valence electrons. The number of halogens is 2. The molecule has 1 saturated heterocycles. The summed E-state index contributed by atoms with van der Waals surface area (Å²) >= 11 is 0. The van der Waals surface area contributed by atoms with Crippen LogP contribution in [0.5, 0.6) is 0 Å². The van der Waals surface area contributed by atoms with Gasteiger partial charge in [-0.2, -0.15) is 0 Å². The molecule has 2 amide bonds. The van der Waals surface area contributed by atoms with Gasteiger partial charge >= 0.3 is 0 Å². The fraction of sp³-hybridized carbons (Fsp3) is 0.167. The number of carbonyl (C=O) groups excluding carboxylic acids is 2. The number of nitrogens with zero attached hydrogens (tertiary/aromatic N) is 2. The third-order valence-corrected chi connectivity index (χ3v) is 8.15. The Morgan fingerprint density at radius 1 is 0.939 bits per heavy atom. The maximum Gasteiger partial charge on any atom is 0.274 e. The first-order chi connectivity index (χ1) is 15.7. The molecule has 2 aliphatic rings. The number of carbonyl (C=O) groups is 2. The Hall–Kier alpha value is -3.59. The highest BCUT2D eigenvalue weighted by atomic mass is 32.2. The summed E-state index contributed by atoms with van der Waals surface area (Å²) < 4.78 is 54.6. The van der Waals surface area contributed by atoms with Gasteiger partial charge in [0.05, 0.1) is 12.2 Å². The molecule has 9 heteroatoms. The van der Waals surface area contributed by atoms with E-state index in [4.69, 9.17) is 0 Å². The summed E-state index contributed by atoms with van der Waals surface area (Å²) in [6.45, 7) is 2.00. The quantitative estimate of drug-likeness (QED) is 0.590. The van der Waals surface area contributed by atoms with E-state index in [1.807, 2.05) is 31.2 Å². The summed E-state index contributed by atoms with van der Waals surface area (Å²) in [5, 5.41) is 0. The van der Waals surface area contributed by atoms with Gasteiger partial charge in [0.15, 0.2) is 21.5 Å². The van der Waals surface area contributed by atoms with Crippen molar-refractivity contribution >= 4 is 33.0 Å². The summed E-state index contributed by atoms with van der Waals surface area (Å²) in [6, 6.07) is 16.4. The third kappa shape index (κ3) is 2.92. The lowest BCUT2D eigenvalue weighted by molar-refractivity contribution is -0.123. The molecule has 3 aromatic carbocycles. The van der Waals surface area contributed by atoms with Crippen molar-refractivity contribution < 1.29 is 26.8 Å². The monoisotopic (exact) mass is 468 g/mol. The molecular formula is C24H18F2N2O4S. The minimum Gasteiger partial charge on any atom is -0.304 e. The largest absolute Gasteiger partial charge is 0.304 e. The summed E-state index contributed by atoms with van der Waals surface area (Å²) in [5.41, 5.74) is 2.03. The minimum absolute atomic E-state index is 0.0766. The van der Waals surface area contributed by atoms with E-state index >= 15 is 0 Å². The van der Waals surface area contributed by atoms with Gasteiger partial charge in [0.1, 0.15) is 5.75 Å². The first-order valence-electron chi connectivity index (χ1n) is 10.1. The van der Waals surface area contributed by atoms with Gasteiger partial charge in [-0.05, 0) is 30.7 Å². The van der Waals surface area contributed by atoms with Crippen molar-refractivity contribution in [3.63, 3.8) is 0 Å². The summed E-state index contributed by atoms with van der Waals surface area (Å²) in [6.07, 6.45) is 0. The van der Waals surface area contributed by atoms with E-state index in [-0.39, 0.29) is 17.8 Å². The normalized spacial score (nSPS) is 21.2. The van der Waals surface area contributed by atoms with Crippen molar-refractivity contribution in [3.8, 4) is 0 Å². The molecule has 3 aromatic rings. The first-order valence-corrected chi connectivity index (χ1v) is 11.8. The molecule has 0 aliphatic carbocycles. The predicted octanol–water partition coefficient (Wildman–Crippen LogP) is 3.43. The topological polar surface area (TPSA) is 74.8 Å². The zero-order valence-electron chi connectivity index (χ0n) is 17.5. The lowest BCUT2D eigenvalue weighted by atomic mass is 10.0. The second-order valence-electron chi connectivity index (χ2n) is 8.12. The molecule has 0 radical (unpaired) electrons. The highest BCUT2D eigenvalue weighted by molar-refractivity contribution is 7.94. The summed E-state index contributed by atoms with van der Waals surface area (Å²) in [7, 11) is -4.38. The van der Waals surface area contributed by atoms with Crippen LogP contribution in [0.3, 0.4) is 0 Å². The zero-order valence-corrected chi connectivity index (χ0v) is 18.3. The molecule has 1 unspecified atom stereocenters. The van der Waals surface area contributed by atoms with E-state index in [0.717, 1.165) is 34.2 Å². The van der Waals surface area contributed by atoms with Gasteiger partial charge in [0, 0.05) is 17.3 Å². The molecule has 33 heavy (non-hydrogen) atoms. The second-order valence-corrected chi connectivity index (χ2v) is 10.2. The highest BCUT2D eigenvalue weighted by Gasteiger charge is 2.69. The van der Waals surface area contributed by atoms with Crippen molar-refractivity contribution in [2.75, 3.05) is 15.6 Å². The summed E-state index contributed by atoms with van der Waals surface area (Å²) in [4.78, 5) is 26.6. The number of benzene rings is 3. The standard InChI is InChI=1S/C24H18F2N2O4S/c1-15-6-8-16(9-7-15)13-27-21-5-3-2-4-18(21)24(23(27)30)28(22(29)14-33(24,31)32)17-10-11-19(25)20(26)12-17/h2-12H,13-14H2,1H3. The number of sulfone groups is 1. The maximum absolute atomic E-state index is 14.1. The van der Waals surface area contributed by atoms with Crippen LogP contribution in [0.2, 0.25) is 0 Å². The molecule has 2 aliphatic heterocycles. The Bertz CT molecular complexity index is 1420. The number of fused-ring (bicyclic) bond motifs is 2. The minimum atomic E-state index is -4.38. The molecule has 2 heterocycles. The van der Waals surface area contributed by atoms with E-state index in [0.29, 0.717) is 5.69 Å². The number of hydrogen-bond donors (Lipinski definition) is 0. The van der Waals surface area contributed by atoms with E-state index in [1.54, 1.807) is 18.2 Å². The van der Waals surface area contributed by atoms with Crippen LogP contribution < -0.4 is 9.80 Å². The van der Waals surface area contributed by atoms with Crippen LogP contribution >= 0.6 is 0 Å². The fourth-order valence-corrected chi connectivity index (χ4v) is 6.58. The summed E-state index contributed by atoms with van der Waals surface area (Å²) in [5.74, 6) is -5.05. The van der Waals surface area contributed by atoms with Crippen LogP contribution in [0.1, 0.15) is 16.7 Å². The molecule has 1 fully saturated rings. The van der Waals surface area contributed by atoms with Crippen molar-refractivity contribution in [1.82, 2.24) is 0 Å². The Labute approximate surface area is 189 Å². The van der Waals surface area contributed by atoms with Gasteiger partial charge in [0.2, 0.25) is 5.91 Å². The van der Waals surface area contributed by atoms with E-state index in [2.05, 4.69) is 0 Å². The van der Waals surface area contributed by atoms with Crippen LogP contribution in [0.25, 0.3) is 0 Å². The SMILES string of the molecule is Cc1ccc(CN2C(=O)C3(c4ccccc42)N(c2ccc(F)c(F)c2)C(=O)CS3(=O)=O)cc1. The van der Waals surface area contributed by atoms with Crippen molar-refractivity contribution in [1.29, 1.82) is 0 Å². The third-order valence-electron chi connectivity index (χ3n) is 6.05. The number of anilines is 2. The van der Waals surface area contributed by atoms with Crippen LogP contribution in [0.4, 0.5) is 20.2 Å². The van der Waals surface area contributed by atoms with Crippen LogP contribution in [0, 0.1) is 18.6 Å². The molecule has 0 bridgehead atoms. The fourth-order valence-electron chi connectivity index (χ4n) is 4.55. The van der Waals surface area contributed by atoms with E-state index < -0.39 is 43.9 Å². The Kier molecular flexibility index (Phi) is 4.65. The average Bonchev–Trinajstić information content (AvgIpc) is 3.14. The molecule has 6 nitrogen and oxygen atoms in total. The maximum atomic E-state index is 14.1. The Morgan fingerprint density at radius 3 is 2.33 bits per heavy atom. The lowest BCUT2D eigenvalue weighted by Gasteiger charge is -2.32. The number of hydrogen-bond acceptors (Lipinski definition) is 4. The van der Waals surface area contributed by atoms with Crippen molar-refractivity contribution in [3.05, 3.63) is 95.1 Å². The second kappa shape index (κ2) is 7.21.